The van der Waals surface area contributed by atoms with Gasteiger partial charge in [0.1, 0.15) is 5.75 Å². The number of hydrogen-bond acceptors (Lipinski definition) is 2. The molecule has 2 nitrogen and oxygen atoms in total. The van der Waals surface area contributed by atoms with Crippen LogP contribution >= 0.6 is 27.5 Å². The zero-order chi connectivity index (χ0) is 18.1. The summed E-state index contributed by atoms with van der Waals surface area (Å²) < 4.78 is 6.43. The van der Waals surface area contributed by atoms with Gasteiger partial charge in [0.05, 0.1) is 23.3 Å². The summed E-state index contributed by atoms with van der Waals surface area (Å²) in [6, 6.07) is 24.2. The van der Waals surface area contributed by atoms with E-state index in [9.17, 15) is 0 Å². The fourth-order valence-electron chi connectivity index (χ4n) is 3.05. The Morgan fingerprint density at radius 2 is 1.69 bits per heavy atom. The van der Waals surface area contributed by atoms with E-state index in [4.69, 9.17) is 21.3 Å². The van der Waals surface area contributed by atoms with Crippen LogP contribution in [0.2, 0.25) is 5.02 Å². The number of hydrogen-bond donors (Lipinski definition) is 0. The molecule has 26 heavy (non-hydrogen) atoms. The second-order valence-corrected chi connectivity index (χ2v) is 7.20. The Morgan fingerprint density at radius 1 is 0.923 bits per heavy atom. The Morgan fingerprint density at radius 3 is 2.46 bits per heavy atom. The van der Waals surface area contributed by atoms with Crippen molar-refractivity contribution in [1.29, 1.82) is 0 Å². The molecule has 0 bridgehead atoms. The summed E-state index contributed by atoms with van der Waals surface area (Å²) in [5, 5.41) is 1.65. The highest BCUT2D eigenvalue weighted by Crippen LogP contribution is 2.42. The molecule has 0 saturated heterocycles. The van der Waals surface area contributed by atoms with Crippen LogP contribution < -0.4 is 4.74 Å². The lowest BCUT2D eigenvalue weighted by Gasteiger charge is -2.15. The van der Waals surface area contributed by atoms with E-state index in [1.165, 1.54) is 0 Å². The highest BCUT2D eigenvalue weighted by molar-refractivity contribution is 9.10. The number of benzene rings is 3. The van der Waals surface area contributed by atoms with Gasteiger partial charge in [0, 0.05) is 15.4 Å². The molecule has 4 rings (SSSR count). The summed E-state index contributed by atoms with van der Waals surface area (Å²) in [6.07, 6.45) is 0. The fourth-order valence-corrected chi connectivity index (χ4v) is 3.74. The van der Waals surface area contributed by atoms with Crippen molar-refractivity contribution < 1.29 is 4.74 Å². The topological polar surface area (TPSA) is 22.1 Å². The van der Waals surface area contributed by atoms with Crippen molar-refractivity contribution >= 4 is 38.4 Å². The molecule has 0 aliphatic rings. The van der Waals surface area contributed by atoms with Gasteiger partial charge >= 0.3 is 0 Å². The number of halogens is 2. The highest BCUT2D eigenvalue weighted by Gasteiger charge is 2.17. The molecule has 0 saturated carbocycles. The van der Waals surface area contributed by atoms with Crippen molar-refractivity contribution in [2.75, 3.05) is 7.11 Å². The number of fused-ring (bicyclic) bond motifs is 1. The summed E-state index contributed by atoms with van der Waals surface area (Å²) in [7, 11) is 1.62. The van der Waals surface area contributed by atoms with Crippen LogP contribution in [0.1, 0.15) is 0 Å². The molecule has 4 heteroatoms. The normalized spacial score (nSPS) is 10.9. The van der Waals surface area contributed by atoms with Gasteiger partial charge in [-0.3, -0.25) is 0 Å². The van der Waals surface area contributed by atoms with Gasteiger partial charge in [-0.1, -0.05) is 70.0 Å². The van der Waals surface area contributed by atoms with Gasteiger partial charge in [-0.05, 0) is 41.5 Å². The molecule has 1 heterocycles. The second kappa shape index (κ2) is 7.10. The van der Waals surface area contributed by atoms with Crippen LogP contribution in [-0.2, 0) is 0 Å². The third-order valence-electron chi connectivity index (χ3n) is 4.32. The Hall–Kier alpha value is -2.36. The minimum atomic E-state index is 0.565. The predicted octanol–water partition coefficient (Wildman–Crippen LogP) is 6.99. The van der Waals surface area contributed by atoms with Crippen molar-refractivity contribution in [3.8, 4) is 28.1 Å². The molecule has 0 aliphatic heterocycles. The molecule has 0 fully saturated rings. The van der Waals surface area contributed by atoms with Crippen LogP contribution in [0.4, 0.5) is 0 Å². The van der Waals surface area contributed by atoms with Gasteiger partial charge in [0.2, 0.25) is 0 Å². The molecule has 1 aromatic heterocycles. The maximum Gasteiger partial charge on any atom is 0.138 e. The van der Waals surface area contributed by atoms with E-state index < -0.39 is 0 Å². The zero-order valence-corrected chi connectivity index (χ0v) is 16.4. The van der Waals surface area contributed by atoms with Gasteiger partial charge in [-0.2, -0.15) is 0 Å². The monoisotopic (exact) mass is 423 g/mol. The van der Waals surface area contributed by atoms with Gasteiger partial charge in [0.15, 0.2) is 0 Å². The molecule has 0 amide bonds. The van der Waals surface area contributed by atoms with Crippen molar-refractivity contribution in [2.24, 2.45) is 0 Å². The number of rotatable bonds is 3. The first-order chi connectivity index (χ1) is 12.7. The molecular weight excluding hydrogens is 410 g/mol. The molecule has 0 radical (unpaired) electrons. The van der Waals surface area contributed by atoms with Crippen LogP contribution in [0.25, 0.3) is 33.3 Å². The second-order valence-electron chi connectivity index (χ2n) is 5.90. The summed E-state index contributed by atoms with van der Waals surface area (Å²) in [5.74, 6) is 0.637. The van der Waals surface area contributed by atoms with Gasteiger partial charge in [0.25, 0.3) is 0 Å². The predicted molar refractivity (Wildman–Crippen MR) is 112 cm³/mol. The molecule has 0 N–H and O–H groups in total. The van der Waals surface area contributed by atoms with Crippen LogP contribution in [0.15, 0.2) is 77.3 Å². The van der Waals surface area contributed by atoms with Gasteiger partial charge < -0.3 is 4.74 Å². The lowest BCUT2D eigenvalue weighted by atomic mass is 9.96. The van der Waals surface area contributed by atoms with Gasteiger partial charge in [-0.25, -0.2) is 4.98 Å². The first-order valence-corrected chi connectivity index (χ1v) is 9.33. The summed E-state index contributed by atoms with van der Waals surface area (Å²) in [6.45, 7) is 0. The van der Waals surface area contributed by atoms with E-state index in [-0.39, 0.29) is 0 Å². The number of methoxy groups -OCH3 is 1. The van der Waals surface area contributed by atoms with Crippen LogP contribution in [0.3, 0.4) is 0 Å². The zero-order valence-electron chi connectivity index (χ0n) is 14.0. The average molecular weight is 425 g/mol. The lowest BCUT2D eigenvalue weighted by Crippen LogP contribution is -1.93. The van der Waals surface area contributed by atoms with E-state index in [2.05, 4.69) is 34.1 Å². The lowest BCUT2D eigenvalue weighted by molar-refractivity contribution is 0.415. The standard InChI is InChI=1S/C22H15BrClNO/c1-26-20-12-10-17(14-5-3-2-4-6-14)21(22(20)24)18-11-8-15-7-9-16(23)13-19(15)25-18/h2-13H,1H3. The van der Waals surface area contributed by atoms with E-state index in [1.54, 1.807) is 7.11 Å². The Bertz CT molecular complexity index is 1100. The molecule has 0 atom stereocenters. The number of nitrogens with zero attached hydrogens (tertiary/aromatic N) is 1. The minimum absolute atomic E-state index is 0.565. The quantitative estimate of drug-likeness (QED) is 0.353. The maximum absolute atomic E-state index is 6.71. The molecule has 128 valence electrons. The third-order valence-corrected chi connectivity index (χ3v) is 5.19. The maximum atomic E-state index is 6.71. The van der Waals surface area contributed by atoms with E-state index in [0.717, 1.165) is 37.8 Å². The highest BCUT2D eigenvalue weighted by atomic mass is 79.9. The number of aromatic nitrogens is 1. The van der Waals surface area contributed by atoms with Crippen molar-refractivity contribution in [3.05, 3.63) is 82.3 Å². The summed E-state index contributed by atoms with van der Waals surface area (Å²) >= 11 is 10.2. The number of ether oxygens (including phenoxy) is 1. The average Bonchev–Trinajstić information content (AvgIpc) is 2.68. The molecule has 0 unspecified atom stereocenters. The Kier molecular flexibility index (Phi) is 4.66. The van der Waals surface area contributed by atoms with Crippen molar-refractivity contribution in [3.63, 3.8) is 0 Å². The van der Waals surface area contributed by atoms with E-state index in [0.29, 0.717) is 10.8 Å². The minimum Gasteiger partial charge on any atom is -0.495 e. The SMILES string of the molecule is COc1ccc(-c2ccccc2)c(-c2ccc3ccc(Br)cc3n2)c1Cl. The smallest absolute Gasteiger partial charge is 0.138 e. The van der Waals surface area contributed by atoms with Crippen molar-refractivity contribution in [1.82, 2.24) is 4.98 Å². The van der Waals surface area contributed by atoms with E-state index in [1.807, 2.05) is 54.6 Å². The first-order valence-electron chi connectivity index (χ1n) is 8.16. The molecule has 4 aromatic rings. The van der Waals surface area contributed by atoms with E-state index >= 15 is 0 Å². The molecule has 0 spiro atoms. The van der Waals surface area contributed by atoms with Crippen molar-refractivity contribution in [2.45, 2.75) is 0 Å². The van der Waals surface area contributed by atoms with Crippen LogP contribution in [0, 0.1) is 0 Å². The summed E-state index contributed by atoms with van der Waals surface area (Å²) in [4.78, 5) is 4.86. The van der Waals surface area contributed by atoms with Gasteiger partial charge in [-0.15, -0.1) is 0 Å². The Labute approximate surface area is 165 Å². The van der Waals surface area contributed by atoms with Crippen LogP contribution in [-0.4, -0.2) is 12.1 Å². The largest absolute Gasteiger partial charge is 0.495 e. The number of pyridine rings is 1. The third kappa shape index (κ3) is 3.09. The fraction of sp³-hybridized carbons (Fsp3) is 0.0455. The molecule has 0 aliphatic carbocycles. The van der Waals surface area contributed by atoms with Crippen LogP contribution in [0.5, 0.6) is 5.75 Å². The Balaban J connectivity index is 2.00. The summed E-state index contributed by atoms with van der Waals surface area (Å²) in [5.41, 5.74) is 4.72. The molecule has 3 aromatic carbocycles. The first kappa shape index (κ1) is 17.1. The molecular formula is C22H15BrClNO.